The Morgan fingerprint density at radius 2 is 2.19 bits per heavy atom. The van der Waals surface area contributed by atoms with Crippen molar-refractivity contribution in [3.05, 3.63) is 0 Å². The van der Waals surface area contributed by atoms with Crippen molar-refractivity contribution < 1.29 is 4.79 Å². The van der Waals surface area contributed by atoms with E-state index in [0.717, 1.165) is 18.8 Å². The molecule has 16 heavy (non-hydrogen) atoms. The Labute approximate surface area is 98.2 Å². The van der Waals surface area contributed by atoms with E-state index in [4.69, 9.17) is 5.73 Å². The van der Waals surface area contributed by atoms with E-state index in [1.54, 1.807) is 0 Å². The first-order valence-electron chi connectivity index (χ1n) is 6.60. The maximum Gasteiger partial charge on any atom is 0.223 e. The number of fused-ring (bicyclic) bond motifs is 2. The second-order valence-electron chi connectivity index (χ2n) is 5.89. The summed E-state index contributed by atoms with van der Waals surface area (Å²) in [5.74, 6) is 2.01. The van der Waals surface area contributed by atoms with Crippen molar-refractivity contribution in [3.8, 4) is 0 Å². The summed E-state index contributed by atoms with van der Waals surface area (Å²) in [7, 11) is 0. The lowest BCUT2D eigenvalue weighted by Gasteiger charge is -2.31. The molecular weight excluding hydrogens is 200 g/mol. The van der Waals surface area contributed by atoms with Gasteiger partial charge in [-0.3, -0.25) is 4.79 Å². The van der Waals surface area contributed by atoms with Gasteiger partial charge >= 0.3 is 0 Å². The molecule has 0 aliphatic heterocycles. The summed E-state index contributed by atoms with van der Waals surface area (Å²) in [5.41, 5.74) is 5.52. The molecule has 2 aliphatic rings. The van der Waals surface area contributed by atoms with E-state index in [1.807, 2.05) is 6.92 Å². The Hall–Kier alpha value is -0.570. The number of carbonyl (C=O) groups excluding carboxylic acids is 1. The molecule has 0 aromatic rings. The molecule has 0 spiro atoms. The van der Waals surface area contributed by atoms with Crippen LogP contribution in [0, 0.1) is 17.8 Å². The Balaban J connectivity index is 1.93. The molecule has 2 saturated carbocycles. The van der Waals surface area contributed by atoms with Crippen LogP contribution in [-0.2, 0) is 4.79 Å². The molecule has 2 aliphatic carbocycles. The van der Waals surface area contributed by atoms with Crippen molar-refractivity contribution >= 4 is 5.91 Å². The van der Waals surface area contributed by atoms with Crippen LogP contribution in [0.4, 0.5) is 0 Å². The number of nitrogens with one attached hydrogen (secondary N) is 1. The molecule has 0 radical (unpaired) electrons. The molecule has 2 rings (SSSR count). The fraction of sp³-hybridized carbons (Fsp3) is 0.923. The molecule has 2 bridgehead atoms. The smallest absolute Gasteiger partial charge is 0.223 e. The fourth-order valence-corrected chi connectivity index (χ4v) is 3.24. The molecule has 0 heterocycles. The lowest BCUT2D eigenvalue weighted by Crippen LogP contribution is -2.53. The maximum absolute atomic E-state index is 12.2. The first kappa shape index (κ1) is 11.9. The second-order valence-corrected chi connectivity index (χ2v) is 5.89. The third-order valence-corrected chi connectivity index (χ3v) is 4.73. The molecule has 92 valence electrons. The highest BCUT2D eigenvalue weighted by Gasteiger charge is 2.43. The first-order valence-corrected chi connectivity index (χ1v) is 6.60. The van der Waals surface area contributed by atoms with Crippen LogP contribution in [0.1, 0.15) is 46.0 Å². The molecule has 0 aromatic carbocycles. The summed E-state index contributed by atoms with van der Waals surface area (Å²) < 4.78 is 0. The lowest BCUT2D eigenvalue weighted by molar-refractivity contribution is -0.128. The summed E-state index contributed by atoms with van der Waals surface area (Å²) in [4.78, 5) is 12.2. The van der Waals surface area contributed by atoms with Crippen molar-refractivity contribution in [2.24, 2.45) is 23.5 Å². The summed E-state index contributed by atoms with van der Waals surface area (Å²) in [5, 5.41) is 3.16. The van der Waals surface area contributed by atoms with Crippen molar-refractivity contribution in [2.75, 3.05) is 6.54 Å². The average molecular weight is 224 g/mol. The number of hydrogen-bond acceptors (Lipinski definition) is 2. The van der Waals surface area contributed by atoms with Crippen molar-refractivity contribution in [1.82, 2.24) is 5.32 Å². The van der Waals surface area contributed by atoms with Crippen LogP contribution < -0.4 is 11.1 Å². The third-order valence-electron chi connectivity index (χ3n) is 4.73. The zero-order chi connectivity index (χ0) is 11.8. The Morgan fingerprint density at radius 3 is 2.62 bits per heavy atom. The predicted molar refractivity (Wildman–Crippen MR) is 64.8 cm³/mol. The number of amides is 1. The fourth-order valence-electron chi connectivity index (χ4n) is 3.24. The Bertz CT molecular complexity index is 273. The zero-order valence-corrected chi connectivity index (χ0v) is 10.5. The third kappa shape index (κ3) is 2.10. The first-order chi connectivity index (χ1) is 7.58. The van der Waals surface area contributed by atoms with Crippen LogP contribution in [-0.4, -0.2) is 18.0 Å². The monoisotopic (exact) mass is 224 g/mol. The van der Waals surface area contributed by atoms with E-state index >= 15 is 0 Å². The van der Waals surface area contributed by atoms with Gasteiger partial charge in [0, 0.05) is 18.0 Å². The highest BCUT2D eigenvalue weighted by atomic mass is 16.2. The molecule has 4 unspecified atom stereocenters. The number of hydrogen-bond donors (Lipinski definition) is 2. The molecule has 0 saturated heterocycles. The van der Waals surface area contributed by atoms with Gasteiger partial charge in [-0.05, 0) is 44.4 Å². The highest BCUT2D eigenvalue weighted by molar-refractivity contribution is 5.80. The van der Waals surface area contributed by atoms with E-state index in [9.17, 15) is 4.79 Å². The molecule has 4 atom stereocenters. The van der Waals surface area contributed by atoms with Crippen LogP contribution >= 0.6 is 0 Å². The minimum atomic E-state index is -0.209. The Kier molecular flexibility index (Phi) is 3.24. The second kappa shape index (κ2) is 4.36. The van der Waals surface area contributed by atoms with Crippen molar-refractivity contribution in [1.29, 1.82) is 0 Å². The van der Waals surface area contributed by atoms with Gasteiger partial charge in [-0.1, -0.05) is 13.3 Å². The van der Waals surface area contributed by atoms with Crippen LogP contribution in [0.25, 0.3) is 0 Å². The van der Waals surface area contributed by atoms with Gasteiger partial charge in [0.25, 0.3) is 0 Å². The lowest BCUT2D eigenvalue weighted by atomic mass is 9.87. The largest absolute Gasteiger partial charge is 0.349 e. The Morgan fingerprint density at radius 1 is 1.44 bits per heavy atom. The number of carbonyl (C=O) groups is 1. The van der Waals surface area contributed by atoms with Crippen molar-refractivity contribution in [2.45, 2.75) is 51.5 Å². The van der Waals surface area contributed by atoms with Gasteiger partial charge in [-0.25, -0.2) is 0 Å². The summed E-state index contributed by atoms with van der Waals surface area (Å²) in [6.07, 6.45) is 5.89. The van der Waals surface area contributed by atoms with Crippen molar-refractivity contribution in [3.63, 3.8) is 0 Å². The van der Waals surface area contributed by atoms with Gasteiger partial charge in [0.2, 0.25) is 5.91 Å². The predicted octanol–water partition coefficient (Wildman–Crippen LogP) is 1.67. The van der Waals surface area contributed by atoms with Crippen LogP contribution in [0.3, 0.4) is 0 Å². The standard InChI is InChI=1S/C13H24N2O/c1-3-13(2,8-14)15-12(16)11-7-9-4-5-10(11)6-9/h9-11H,3-8,14H2,1-2H3,(H,15,16). The van der Waals surface area contributed by atoms with E-state index in [-0.39, 0.29) is 17.4 Å². The van der Waals surface area contributed by atoms with E-state index in [2.05, 4.69) is 12.2 Å². The molecule has 1 amide bonds. The molecule has 3 nitrogen and oxygen atoms in total. The van der Waals surface area contributed by atoms with Gasteiger partial charge in [0.1, 0.15) is 0 Å². The van der Waals surface area contributed by atoms with Crippen LogP contribution in [0.5, 0.6) is 0 Å². The molecule has 3 heteroatoms. The average Bonchev–Trinajstić information content (AvgIpc) is 2.90. The number of nitrogens with two attached hydrogens (primary N) is 1. The van der Waals surface area contributed by atoms with E-state index in [1.165, 1.54) is 19.3 Å². The minimum Gasteiger partial charge on any atom is -0.349 e. The molecule has 3 N–H and O–H groups in total. The summed E-state index contributed by atoms with van der Waals surface area (Å²) in [6.45, 7) is 4.64. The summed E-state index contributed by atoms with van der Waals surface area (Å²) >= 11 is 0. The van der Waals surface area contributed by atoms with Gasteiger partial charge < -0.3 is 11.1 Å². The van der Waals surface area contributed by atoms with Gasteiger partial charge in [0.05, 0.1) is 0 Å². The van der Waals surface area contributed by atoms with Crippen LogP contribution in [0.15, 0.2) is 0 Å². The maximum atomic E-state index is 12.2. The molecule has 0 aromatic heterocycles. The SMILES string of the molecule is CCC(C)(CN)NC(=O)C1CC2CCC1C2. The number of rotatable bonds is 4. The van der Waals surface area contributed by atoms with Gasteiger partial charge in [-0.2, -0.15) is 0 Å². The van der Waals surface area contributed by atoms with Gasteiger partial charge in [0.15, 0.2) is 0 Å². The topological polar surface area (TPSA) is 55.1 Å². The highest BCUT2D eigenvalue weighted by Crippen LogP contribution is 2.48. The quantitative estimate of drug-likeness (QED) is 0.763. The van der Waals surface area contributed by atoms with Gasteiger partial charge in [-0.15, -0.1) is 0 Å². The van der Waals surface area contributed by atoms with E-state index < -0.39 is 0 Å². The summed E-state index contributed by atoms with van der Waals surface area (Å²) in [6, 6.07) is 0. The minimum absolute atomic E-state index is 0.209. The zero-order valence-electron chi connectivity index (χ0n) is 10.5. The normalized spacial score (nSPS) is 36.1. The van der Waals surface area contributed by atoms with E-state index in [0.29, 0.717) is 12.5 Å². The molecular formula is C13H24N2O. The molecule has 2 fully saturated rings. The van der Waals surface area contributed by atoms with Crippen LogP contribution in [0.2, 0.25) is 0 Å².